The number of anilines is 1. The van der Waals surface area contributed by atoms with E-state index < -0.39 is 18.6 Å². The first-order valence-electron chi connectivity index (χ1n) is 7.68. The largest absolute Gasteiger partial charge is 0.406 e. The molecule has 7 nitrogen and oxygen atoms in total. The maximum absolute atomic E-state index is 13.0. The highest BCUT2D eigenvalue weighted by Gasteiger charge is 2.31. The first-order chi connectivity index (χ1) is 13.4. The summed E-state index contributed by atoms with van der Waals surface area (Å²) in [4.78, 5) is 15.9. The van der Waals surface area contributed by atoms with E-state index in [0.717, 1.165) is 16.3 Å². The molecule has 0 aromatic carbocycles. The van der Waals surface area contributed by atoms with E-state index in [4.69, 9.17) is 5.26 Å². The molecule has 12 heteroatoms. The number of amides is 1. The second-order valence-corrected chi connectivity index (χ2v) is 7.21. The minimum atomic E-state index is -4.49. The van der Waals surface area contributed by atoms with Crippen molar-refractivity contribution in [2.24, 2.45) is 0 Å². The normalized spacial score (nSPS) is 11.2. The number of halogens is 3. The number of aromatic nitrogens is 4. The van der Waals surface area contributed by atoms with Crippen molar-refractivity contribution in [2.45, 2.75) is 17.9 Å². The Labute approximate surface area is 165 Å². The molecule has 0 unspecified atom stereocenters. The van der Waals surface area contributed by atoms with E-state index in [1.807, 2.05) is 6.07 Å². The smallest absolute Gasteiger partial charge is 0.316 e. The van der Waals surface area contributed by atoms with E-state index in [-0.39, 0.29) is 16.7 Å². The van der Waals surface area contributed by atoms with Gasteiger partial charge in [0.05, 0.1) is 11.3 Å². The Kier molecular flexibility index (Phi) is 5.96. The molecule has 0 fully saturated rings. The lowest BCUT2D eigenvalue weighted by molar-refractivity contribution is -0.141. The second-order valence-electron chi connectivity index (χ2n) is 5.36. The van der Waals surface area contributed by atoms with Crippen molar-refractivity contribution in [3.05, 3.63) is 41.5 Å². The number of alkyl halides is 3. The van der Waals surface area contributed by atoms with Crippen LogP contribution in [0.25, 0.3) is 11.4 Å². The summed E-state index contributed by atoms with van der Waals surface area (Å²) in [5.74, 6) is -0.613. The number of pyridine rings is 1. The number of rotatable bonds is 6. The van der Waals surface area contributed by atoms with Crippen molar-refractivity contribution in [2.75, 3.05) is 11.1 Å². The molecule has 0 bridgehead atoms. The summed E-state index contributed by atoms with van der Waals surface area (Å²) in [5.41, 5.74) is 0.754. The molecular formula is C16H11F3N6OS2. The van der Waals surface area contributed by atoms with Crippen LogP contribution in [0.2, 0.25) is 0 Å². The molecule has 3 aromatic heterocycles. The van der Waals surface area contributed by atoms with E-state index in [2.05, 4.69) is 20.5 Å². The number of hydrogen-bond donors (Lipinski definition) is 1. The Morgan fingerprint density at radius 1 is 1.29 bits per heavy atom. The Morgan fingerprint density at radius 3 is 2.71 bits per heavy atom. The number of nitrogens with zero attached hydrogens (tertiary/aromatic N) is 5. The molecular weight excluding hydrogens is 413 g/mol. The number of carbonyl (C=O) groups is 1. The van der Waals surface area contributed by atoms with Crippen LogP contribution in [-0.4, -0.2) is 37.6 Å². The molecule has 0 aliphatic rings. The third kappa shape index (κ3) is 4.87. The molecule has 3 aromatic rings. The van der Waals surface area contributed by atoms with Crippen LogP contribution in [0, 0.1) is 11.3 Å². The zero-order valence-corrected chi connectivity index (χ0v) is 15.6. The standard InChI is InChI=1S/C16H11F3N6OS2/c17-16(18,19)9-25-13(10-1-4-21-5-2-10)23-24-15(25)28-8-12(26)22-14-11(7-20)3-6-27-14/h1-6H,8-9H2,(H,22,26). The molecule has 1 N–H and O–H groups in total. The SMILES string of the molecule is N#Cc1ccsc1NC(=O)CSc1nnc(-c2ccncc2)n1CC(F)(F)F. The summed E-state index contributed by atoms with van der Waals surface area (Å²) in [7, 11) is 0. The molecule has 144 valence electrons. The molecule has 1 amide bonds. The number of thiophene rings is 1. The topological polar surface area (TPSA) is 96.5 Å². The van der Waals surface area contributed by atoms with E-state index in [0.29, 0.717) is 16.1 Å². The Balaban J connectivity index is 1.77. The molecule has 0 aliphatic heterocycles. The van der Waals surface area contributed by atoms with Gasteiger partial charge in [-0.15, -0.1) is 21.5 Å². The minimum Gasteiger partial charge on any atom is -0.316 e. The summed E-state index contributed by atoms with van der Waals surface area (Å²) >= 11 is 2.02. The quantitative estimate of drug-likeness (QED) is 0.608. The Morgan fingerprint density at radius 2 is 2.04 bits per heavy atom. The van der Waals surface area contributed by atoms with Crippen molar-refractivity contribution < 1.29 is 18.0 Å². The van der Waals surface area contributed by atoms with Gasteiger partial charge in [-0.25, -0.2) is 0 Å². The average molecular weight is 424 g/mol. The average Bonchev–Trinajstić information content (AvgIpc) is 3.26. The van der Waals surface area contributed by atoms with Crippen LogP contribution in [0.4, 0.5) is 18.2 Å². The summed E-state index contributed by atoms with van der Waals surface area (Å²) in [6.07, 6.45) is -1.60. The summed E-state index contributed by atoms with van der Waals surface area (Å²) in [5, 5.41) is 21.2. The zero-order chi connectivity index (χ0) is 20.1. The van der Waals surface area contributed by atoms with E-state index in [1.165, 1.54) is 35.9 Å². The first-order valence-corrected chi connectivity index (χ1v) is 9.54. The van der Waals surface area contributed by atoms with Crippen molar-refractivity contribution in [1.29, 1.82) is 5.26 Å². The van der Waals surface area contributed by atoms with Gasteiger partial charge < -0.3 is 5.32 Å². The van der Waals surface area contributed by atoms with Gasteiger partial charge in [0.25, 0.3) is 0 Å². The molecule has 28 heavy (non-hydrogen) atoms. The van der Waals surface area contributed by atoms with Crippen molar-refractivity contribution >= 4 is 34.0 Å². The molecule has 0 spiro atoms. The zero-order valence-electron chi connectivity index (χ0n) is 14.0. The second kappa shape index (κ2) is 8.41. The lowest BCUT2D eigenvalue weighted by Gasteiger charge is -2.12. The molecule has 3 rings (SSSR count). The van der Waals surface area contributed by atoms with Gasteiger partial charge in [-0.05, 0) is 23.6 Å². The van der Waals surface area contributed by atoms with Gasteiger partial charge in [-0.1, -0.05) is 11.8 Å². The molecule has 0 saturated carbocycles. The molecule has 0 radical (unpaired) electrons. The predicted molar refractivity (Wildman–Crippen MR) is 97.7 cm³/mol. The van der Waals surface area contributed by atoms with Crippen LogP contribution in [0.15, 0.2) is 41.1 Å². The summed E-state index contributed by atoms with van der Waals surface area (Å²) in [6, 6.07) is 6.56. The summed E-state index contributed by atoms with van der Waals surface area (Å²) in [6.45, 7) is -1.29. The number of hydrogen-bond acceptors (Lipinski definition) is 7. The van der Waals surface area contributed by atoms with Gasteiger partial charge in [0, 0.05) is 18.0 Å². The maximum atomic E-state index is 13.0. The van der Waals surface area contributed by atoms with Gasteiger partial charge in [0.2, 0.25) is 5.91 Å². The number of nitriles is 1. The van der Waals surface area contributed by atoms with E-state index >= 15 is 0 Å². The lowest BCUT2D eigenvalue weighted by Crippen LogP contribution is -2.20. The molecule has 0 atom stereocenters. The van der Waals surface area contributed by atoms with Gasteiger partial charge >= 0.3 is 6.18 Å². The van der Waals surface area contributed by atoms with Crippen molar-refractivity contribution in [3.8, 4) is 17.5 Å². The fraction of sp³-hybridized carbons (Fsp3) is 0.188. The Bertz CT molecular complexity index is 1010. The summed E-state index contributed by atoms with van der Waals surface area (Å²) < 4.78 is 40.0. The van der Waals surface area contributed by atoms with Gasteiger partial charge in [-0.2, -0.15) is 18.4 Å². The van der Waals surface area contributed by atoms with E-state index in [9.17, 15) is 18.0 Å². The van der Waals surface area contributed by atoms with Crippen molar-refractivity contribution in [3.63, 3.8) is 0 Å². The van der Waals surface area contributed by atoms with Crippen LogP contribution >= 0.6 is 23.1 Å². The van der Waals surface area contributed by atoms with Crippen LogP contribution in [-0.2, 0) is 11.3 Å². The van der Waals surface area contributed by atoms with Crippen LogP contribution in [0.1, 0.15) is 5.56 Å². The number of thioether (sulfide) groups is 1. The monoisotopic (exact) mass is 424 g/mol. The van der Waals surface area contributed by atoms with Gasteiger partial charge in [0.1, 0.15) is 17.6 Å². The van der Waals surface area contributed by atoms with Crippen LogP contribution in [0.5, 0.6) is 0 Å². The molecule has 3 heterocycles. The lowest BCUT2D eigenvalue weighted by atomic mass is 10.2. The third-order valence-electron chi connectivity index (χ3n) is 3.36. The number of nitrogens with one attached hydrogen (secondary N) is 1. The maximum Gasteiger partial charge on any atom is 0.406 e. The number of carbonyl (C=O) groups excluding carboxylic acids is 1. The fourth-order valence-corrected chi connectivity index (χ4v) is 3.71. The highest BCUT2D eigenvalue weighted by atomic mass is 32.2. The fourth-order valence-electron chi connectivity index (χ4n) is 2.22. The molecule has 0 aliphatic carbocycles. The third-order valence-corrected chi connectivity index (χ3v) is 5.16. The van der Waals surface area contributed by atoms with E-state index in [1.54, 1.807) is 11.4 Å². The highest BCUT2D eigenvalue weighted by molar-refractivity contribution is 7.99. The van der Waals surface area contributed by atoms with Crippen LogP contribution in [0.3, 0.4) is 0 Å². The molecule has 0 saturated heterocycles. The first kappa shape index (κ1) is 19.8. The van der Waals surface area contributed by atoms with Crippen LogP contribution < -0.4 is 5.32 Å². The minimum absolute atomic E-state index is 0.0349. The van der Waals surface area contributed by atoms with Gasteiger partial charge in [-0.3, -0.25) is 14.3 Å². The van der Waals surface area contributed by atoms with Crippen molar-refractivity contribution in [1.82, 2.24) is 19.7 Å². The predicted octanol–water partition coefficient (Wildman–Crippen LogP) is 3.57. The highest BCUT2D eigenvalue weighted by Crippen LogP contribution is 2.28. The van der Waals surface area contributed by atoms with Gasteiger partial charge in [0.15, 0.2) is 11.0 Å². The Hall–Kier alpha value is -2.91.